The van der Waals surface area contributed by atoms with Crippen molar-refractivity contribution in [2.45, 2.75) is 97.2 Å². The zero-order chi connectivity index (χ0) is 24.1. The molecular formula is C24H36O8. The molecule has 0 aromatic heterocycles. The second-order valence-corrected chi connectivity index (χ2v) is 8.21. The average molecular weight is 453 g/mol. The van der Waals surface area contributed by atoms with Crippen molar-refractivity contribution in [2.75, 3.05) is 0 Å². The van der Waals surface area contributed by atoms with E-state index in [1.165, 1.54) is 19.9 Å². The molecule has 0 bridgehead atoms. The van der Waals surface area contributed by atoms with Crippen molar-refractivity contribution < 1.29 is 39.2 Å². The van der Waals surface area contributed by atoms with Gasteiger partial charge in [-0.15, -0.1) is 0 Å². The van der Waals surface area contributed by atoms with Crippen molar-refractivity contribution in [3.63, 3.8) is 0 Å². The minimum atomic E-state index is -1.30. The summed E-state index contributed by atoms with van der Waals surface area (Å²) in [5.74, 6) is -2.77. The molecule has 32 heavy (non-hydrogen) atoms. The SMILES string of the molecule is CC(=O)O[C@H](CCCCCCCCC[C@H](C)OC(C)=O)Cc1cc(O)cc(O)c1C(=O)O. The van der Waals surface area contributed by atoms with Crippen LogP contribution in [0, 0.1) is 0 Å². The van der Waals surface area contributed by atoms with Gasteiger partial charge in [-0.2, -0.15) is 0 Å². The predicted octanol–water partition coefficient (Wildman–Crippen LogP) is 4.73. The van der Waals surface area contributed by atoms with Gasteiger partial charge in [-0.3, -0.25) is 9.59 Å². The molecule has 1 aromatic carbocycles. The van der Waals surface area contributed by atoms with E-state index in [0.29, 0.717) is 6.42 Å². The molecule has 0 saturated carbocycles. The Morgan fingerprint density at radius 1 is 0.844 bits per heavy atom. The first-order valence-electron chi connectivity index (χ1n) is 11.2. The lowest BCUT2D eigenvalue weighted by atomic mass is 9.97. The normalized spacial score (nSPS) is 12.7. The number of hydrogen-bond acceptors (Lipinski definition) is 7. The number of carboxylic acids is 1. The number of ether oxygens (including phenoxy) is 2. The van der Waals surface area contributed by atoms with Crippen LogP contribution in [0.1, 0.15) is 94.5 Å². The van der Waals surface area contributed by atoms with Crippen molar-refractivity contribution >= 4 is 17.9 Å². The van der Waals surface area contributed by atoms with Gasteiger partial charge in [0, 0.05) is 26.3 Å². The third kappa shape index (κ3) is 11.0. The van der Waals surface area contributed by atoms with Gasteiger partial charge in [-0.25, -0.2) is 4.79 Å². The van der Waals surface area contributed by atoms with Crippen LogP contribution in [0.25, 0.3) is 0 Å². The molecule has 0 amide bonds. The summed E-state index contributed by atoms with van der Waals surface area (Å²) in [5.41, 5.74) is -0.0628. The fraction of sp³-hybridized carbons (Fsp3) is 0.625. The number of carbonyl (C=O) groups excluding carboxylic acids is 2. The second-order valence-electron chi connectivity index (χ2n) is 8.21. The fourth-order valence-corrected chi connectivity index (χ4v) is 3.79. The Bertz CT molecular complexity index is 759. The van der Waals surface area contributed by atoms with Crippen LogP contribution in [-0.2, 0) is 25.5 Å². The molecule has 0 saturated heterocycles. The molecular weight excluding hydrogens is 416 g/mol. The van der Waals surface area contributed by atoms with Crippen molar-refractivity contribution in [3.05, 3.63) is 23.3 Å². The Kier molecular flexibility index (Phi) is 12.2. The van der Waals surface area contributed by atoms with Crippen LogP contribution in [0.3, 0.4) is 0 Å². The van der Waals surface area contributed by atoms with Crippen molar-refractivity contribution in [2.24, 2.45) is 0 Å². The first-order chi connectivity index (χ1) is 15.1. The number of unbranched alkanes of at least 4 members (excludes halogenated alkanes) is 6. The van der Waals surface area contributed by atoms with Gasteiger partial charge in [0.15, 0.2) is 0 Å². The van der Waals surface area contributed by atoms with Gasteiger partial charge in [0.25, 0.3) is 0 Å². The summed E-state index contributed by atoms with van der Waals surface area (Å²) in [6, 6.07) is 2.26. The van der Waals surface area contributed by atoms with Gasteiger partial charge in [-0.1, -0.05) is 32.1 Å². The number of phenols is 2. The van der Waals surface area contributed by atoms with E-state index in [2.05, 4.69) is 0 Å². The molecule has 0 fully saturated rings. The number of carboxylic acid groups (broad SMARTS) is 1. The van der Waals surface area contributed by atoms with Gasteiger partial charge >= 0.3 is 17.9 Å². The molecule has 2 atom stereocenters. The Hall–Kier alpha value is -2.77. The van der Waals surface area contributed by atoms with Crippen LogP contribution in [0.4, 0.5) is 0 Å². The topological polar surface area (TPSA) is 130 Å². The maximum absolute atomic E-state index is 11.5. The van der Waals surface area contributed by atoms with E-state index >= 15 is 0 Å². The first-order valence-corrected chi connectivity index (χ1v) is 11.2. The fourth-order valence-electron chi connectivity index (χ4n) is 3.79. The van der Waals surface area contributed by atoms with Crippen LogP contribution in [0.5, 0.6) is 11.5 Å². The lowest BCUT2D eigenvalue weighted by molar-refractivity contribution is -0.147. The van der Waals surface area contributed by atoms with Crippen molar-refractivity contribution in [1.82, 2.24) is 0 Å². The van der Waals surface area contributed by atoms with E-state index in [0.717, 1.165) is 57.4 Å². The maximum atomic E-state index is 11.5. The molecule has 0 heterocycles. The van der Waals surface area contributed by atoms with E-state index in [-0.39, 0.29) is 35.4 Å². The van der Waals surface area contributed by atoms with Crippen molar-refractivity contribution in [1.29, 1.82) is 0 Å². The Morgan fingerprint density at radius 2 is 1.38 bits per heavy atom. The van der Waals surface area contributed by atoms with Gasteiger partial charge in [0.1, 0.15) is 23.2 Å². The number of aromatic carboxylic acids is 1. The predicted molar refractivity (Wildman–Crippen MR) is 119 cm³/mol. The highest BCUT2D eigenvalue weighted by atomic mass is 16.5. The Morgan fingerprint density at radius 3 is 1.91 bits per heavy atom. The first kappa shape index (κ1) is 27.3. The molecule has 8 heteroatoms. The highest BCUT2D eigenvalue weighted by Crippen LogP contribution is 2.29. The highest BCUT2D eigenvalue weighted by Gasteiger charge is 2.21. The molecule has 0 aliphatic rings. The van der Waals surface area contributed by atoms with Gasteiger partial charge in [-0.05, 0) is 44.2 Å². The molecule has 0 spiro atoms. The average Bonchev–Trinajstić information content (AvgIpc) is 2.64. The number of hydrogen-bond donors (Lipinski definition) is 3. The molecule has 1 aromatic rings. The monoisotopic (exact) mass is 452 g/mol. The third-order valence-corrected chi connectivity index (χ3v) is 5.18. The minimum absolute atomic E-state index is 0.0409. The number of phenolic OH excluding ortho intramolecular Hbond substituents is 1. The van der Waals surface area contributed by atoms with E-state index < -0.39 is 23.8 Å². The van der Waals surface area contributed by atoms with Gasteiger partial charge < -0.3 is 24.8 Å². The Labute approximate surface area is 189 Å². The van der Waals surface area contributed by atoms with Gasteiger partial charge in [0.2, 0.25) is 0 Å². The molecule has 0 aliphatic heterocycles. The van der Waals surface area contributed by atoms with E-state index in [9.17, 15) is 29.7 Å². The highest BCUT2D eigenvalue weighted by molar-refractivity contribution is 5.93. The van der Waals surface area contributed by atoms with Crippen LogP contribution >= 0.6 is 0 Å². The molecule has 0 unspecified atom stereocenters. The molecule has 3 N–H and O–H groups in total. The molecule has 0 aliphatic carbocycles. The standard InChI is InChI=1S/C24H36O8/c1-16(31-17(2)25)11-9-7-5-4-6-8-10-12-21(32-18(3)26)14-19-13-20(27)15-22(28)23(19)24(29)30/h13,15-16,21,27-28H,4-12,14H2,1-3H3,(H,29,30)/t16-,21+/m0/s1. The number of rotatable bonds is 15. The third-order valence-electron chi connectivity index (χ3n) is 5.18. The lowest BCUT2D eigenvalue weighted by Gasteiger charge is -2.19. The summed E-state index contributed by atoms with van der Waals surface area (Å²) in [4.78, 5) is 33.8. The van der Waals surface area contributed by atoms with E-state index in [4.69, 9.17) is 9.47 Å². The maximum Gasteiger partial charge on any atom is 0.339 e. The zero-order valence-electron chi connectivity index (χ0n) is 19.3. The molecule has 1 rings (SSSR count). The Balaban J connectivity index is 2.41. The summed E-state index contributed by atoms with van der Waals surface area (Å²) in [5, 5.41) is 29.0. The number of carbonyl (C=O) groups is 3. The zero-order valence-corrected chi connectivity index (χ0v) is 19.3. The van der Waals surface area contributed by atoms with E-state index in [1.807, 2.05) is 6.92 Å². The van der Waals surface area contributed by atoms with Crippen molar-refractivity contribution in [3.8, 4) is 11.5 Å². The molecule has 8 nitrogen and oxygen atoms in total. The largest absolute Gasteiger partial charge is 0.508 e. The minimum Gasteiger partial charge on any atom is -0.508 e. The molecule has 0 radical (unpaired) electrons. The summed E-state index contributed by atoms with van der Waals surface area (Å²) < 4.78 is 10.4. The smallest absolute Gasteiger partial charge is 0.339 e. The molecule has 180 valence electrons. The van der Waals surface area contributed by atoms with Crippen LogP contribution in [-0.4, -0.2) is 45.4 Å². The summed E-state index contributed by atoms with van der Waals surface area (Å²) in [6.07, 6.45) is 8.06. The summed E-state index contributed by atoms with van der Waals surface area (Å²) in [6.45, 7) is 4.62. The number of aromatic hydroxyl groups is 2. The van der Waals surface area contributed by atoms with Crippen LogP contribution < -0.4 is 0 Å². The lowest BCUT2D eigenvalue weighted by Crippen LogP contribution is -2.20. The second kappa shape index (κ2) is 14.3. The van der Waals surface area contributed by atoms with Gasteiger partial charge in [0.05, 0.1) is 6.10 Å². The summed E-state index contributed by atoms with van der Waals surface area (Å²) >= 11 is 0. The summed E-state index contributed by atoms with van der Waals surface area (Å²) in [7, 11) is 0. The van der Waals surface area contributed by atoms with E-state index in [1.54, 1.807) is 0 Å². The number of esters is 2. The quantitative estimate of drug-likeness (QED) is 0.257. The van der Waals surface area contributed by atoms with Crippen LogP contribution in [0.15, 0.2) is 12.1 Å². The van der Waals surface area contributed by atoms with Crippen LogP contribution in [0.2, 0.25) is 0 Å². The number of benzene rings is 1.